The van der Waals surface area contributed by atoms with Gasteiger partial charge in [0.1, 0.15) is 0 Å². The van der Waals surface area contributed by atoms with E-state index < -0.39 is 0 Å². The van der Waals surface area contributed by atoms with Crippen molar-refractivity contribution < 1.29 is 0 Å². The van der Waals surface area contributed by atoms with Crippen molar-refractivity contribution in [3.8, 4) is 0 Å². The third kappa shape index (κ3) is 3.26. The normalized spacial score (nSPS) is 11.2. The Morgan fingerprint density at radius 1 is 1.09 bits per heavy atom. The minimum Gasteiger partial charge on any atom is -0.278 e. The topological polar surface area (TPSA) is 37.3 Å². The average molecular weight is 310 g/mol. The molecule has 110 valence electrons. The molecule has 4 heteroatoms. The van der Waals surface area contributed by atoms with E-state index in [1.807, 2.05) is 43.3 Å². The van der Waals surface area contributed by atoms with Crippen molar-refractivity contribution in [2.45, 2.75) is 13.8 Å². The average Bonchev–Trinajstić information content (AvgIpc) is 2.48. The predicted octanol–water partition coefficient (Wildman–Crippen LogP) is 4.95. The van der Waals surface area contributed by atoms with Gasteiger partial charge in [0.05, 0.1) is 17.4 Å². The molecule has 0 aliphatic rings. The van der Waals surface area contributed by atoms with E-state index in [9.17, 15) is 0 Å². The van der Waals surface area contributed by atoms with Crippen LogP contribution in [0.25, 0.3) is 10.9 Å². The summed E-state index contributed by atoms with van der Waals surface area (Å²) < 4.78 is 0. The second-order valence-corrected chi connectivity index (χ2v) is 5.69. The van der Waals surface area contributed by atoms with Gasteiger partial charge < -0.3 is 0 Å². The first-order chi connectivity index (χ1) is 10.6. The van der Waals surface area contributed by atoms with Crippen LogP contribution >= 0.6 is 11.6 Å². The van der Waals surface area contributed by atoms with E-state index in [2.05, 4.69) is 34.6 Å². The molecule has 0 amide bonds. The molecule has 3 nitrogen and oxygen atoms in total. The molecule has 1 aromatic heterocycles. The fourth-order valence-corrected chi connectivity index (χ4v) is 2.53. The number of halogens is 1. The third-order valence-electron chi connectivity index (χ3n) is 3.34. The molecular weight excluding hydrogens is 294 g/mol. The van der Waals surface area contributed by atoms with E-state index >= 15 is 0 Å². The SMILES string of the molecule is Cc1ccc2nc(C)cc(N/N=C/c3cccc(Cl)c3)c2c1. The van der Waals surface area contributed by atoms with Gasteiger partial charge in [0.25, 0.3) is 0 Å². The maximum absolute atomic E-state index is 5.97. The highest BCUT2D eigenvalue weighted by molar-refractivity contribution is 6.30. The van der Waals surface area contributed by atoms with Crippen LogP contribution in [0, 0.1) is 13.8 Å². The van der Waals surface area contributed by atoms with Crippen LogP contribution in [0.2, 0.25) is 5.02 Å². The largest absolute Gasteiger partial charge is 0.278 e. The summed E-state index contributed by atoms with van der Waals surface area (Å²) >= 11 is 5.97. The highest BCUT2D eigenvalue weighted by Gasteiger charge is 2.03. The van der Waals surface area contributed by atoms with Gasteiger partial charge in [0.2, 0.25) is 0 Å². The van der Waals surface area contributed by atoms with Crippen molar-refractivity contribution in [3.63, 3.8) is 0 Å². The Labute approximate surface area is 134 Å². The summed E-state index contributed by atoms with van der Waals surface area (Å²) in [6.07, 6.45) is 1.75. The molecular formula is C18H16ClN3. The Morgan fingerprint density at radius 2 is 1.95 bits per heavy atom. The molecule has 2 aromatic carbocycles. The number of nitrogens with zero attached hydrogens (tertiary/aromatic N) is 2. The van der Waals surface area contributed by atoms with Crippen molar-refractivity contribution in [1.29, 1.82) is 0 Å². The fraction of sp³-hybridized carbons (Fsp3) is 0.111. The lowest BCUT2D eigenvalue weighted by molar-refractivity contribution is 1.24. The van der Waals surface area contributed by atoms with Gasteiger partial charge in [-0.05, 0) is 49.7 Å². The van der Waals surface area contributed by atoms with E-state index in [0.29, 0.717) is 5.02 Å². The monoisotopic (exact) mass is 309 g/mol. The van der Waals surface area contributed by atoms with E-state index in [1.165, 1.54) is 5.56 Å². The molecule has 0 bridgehead atoms. The number of pyridine rings is 1. The molecule has 1 N–H and O–H groups in total. The first-order valence-electron chi connectivity index (χ1n) is 7.04. The Morgan fingerprint density at radius 3 is 2.77 bits per heavy atom. The quantitative estimate of drug-likeness (QED) is 0.549. The number of hydrogen-bond donors (Lipinski definition) is 1. The van der Waals surface area contributed by atoms with Crippen molar-refractivity contribution in [2.24, 2.45) is 5.10 Å². The molecule has 3 aromatic rings. The number of fused-ring (bicyclic) bond motifs is 1. The van der Waals surface area contributed by atoms with Gasteiger partial charge in [-0.1, -0.05) is 35.4 Å². The molecule has 0 aliphatic heterocycles. The van der Waals surface area contributed by atoms with Crippen molar-refractivity contribution >= 4 is 34.4 Å². The van der Waals surface area contributed by atoms with Crippen LogP contribution in [0.3, 0.4) is 0 Å². The smallest absolute Gasteiger partial charge is 0.0726 e. The summed E-state index contributed by atoms with van der Waals surface area (Å²) in [4.78, 5) is 4.55. The molecule has 0 saturated carbocycles. The van der Waals surface area contributed by atoms with Gasteiger partial charge in [0.15, 0.2) is 0 Å². The standard InChI is InChI=1S/C18H16ClN3/c1-12-6-7-17-16(8-12)18(9-13(2)21-17)22-20-11-14-4-3-5-15(19)10-14/h3-11H,1-2H3,(H,21,22)/b20-11+. The summed E-state index contributed by atoms with van der Waals surface area (Å²) in [6, 6.07) is 15.8. The Hall–Kier alpha value is -2.39. The molecule has 22 heavy (non-hydrogen) atoms. The van der Waals surface area contributed by atoms with E-state index in [-0.39, 0.29) is 0 Å². The second kappa shape index (κ2) is 6.16. The molecule has 0 saturated heterocycles. The summed E-state index contributed by atoms with van der Waals surface area (Å²) in [7, 11) is 0. The first-order valence-corrected chi connectivity index (χ1v) is 7.42. The lowest BCUT2D eigenvalue weighted by Crippen LogP contribution is -1.95. The molecule has 3 rings (SSSR count). The number of hydrazone groups is 1. The zero-order valence-electron chi connectivity index (χ0n) is 12.5. The maximum atomic E-state index is 5.97. The number of benzene rings is 2. The maximum Gasteiger partial charge on any atom is 0.0726 e. The van der Waals surface area contributed by atoms with Crippen LogP contribution in [0.15, 0.2) is 53.6 Å². The molecule has 0 atom stereocenters. The van der Waals surface area contributed by atoms with E-state index in [0.717, 1.165) is 27.8 Å². The lowest BCUT2D eigenvalue weighted by Gasteiger charge is -2.08. The van der Waals surface area contributed by atoms with Crippen LogP contribution in [0.4, 0.5) is 5.69 Å². The summed E-state index contributed by atoms with van der Waals surface area (Å²) in [5.74, 6) is 0. The van der Waals surface area contributed by atoms with Gasteiger partial charge in [-0.25, -0.2) is 0 Å². The minimum absolute atomic E-state index is 0.699. The highest BCUT2D eigenvalue weighted by atomic mass is 35.5. The fourth-order valence-electron chi connectivity index (χ4n) is 2.33. The van der Waals surface area contributed by atoms with Gasteiger partial charge in [-0.15, -0.1) is 0 Å². The van der Waals surface area contributed by atoms with Crippen LogP contribution in [-0.4, -0.2) is 11.2 Å². The molecule has 0 unspecified atom stereocenters. The zero-order chi connectivity index (χ0) is 15.5. The second-order valence-electron chi connectivity index (χ2n) is 5.26. The Balaban J connectivity index is 1.91. The predicted molar refractivity (Wildman–Crippen MR) is 93.9 cm³/mol. The number of aromatic nitrogens is 1. The third-order valence-corrected chi connectivity index (χ3v) is 3.57. The van der Waals surface area contributed by atoms with Crippen molar-refractivity contribution in [1.82, 2.24) is 4.98 Å². The molecule has 0 spiro atoms. The van der Waals surface area contributed by atoms with Gasteiger partial charge in [0, 0.05) is 16.1 Å². The first kappa shape index (κ1) is 14.5. The van der Waals surface area contributed by atoms with Gasteiger partial charge >= 0.3 is 0 Å². The molecule has 0 radical (unpaired) electrons. The highest BCUT2D eigenvalue weighted by Crippen LogP contribution is 2.24. The van der Waals surface area contributed by atoms with Gasteiger partial charge in [-0.3, -0.25) is 10.4 Å². The summed E-state index contributed by atoms with van der Waals surface area (Å²) in [5.41, 5.74) is 8.12. The zero-order valence-corrected chi connectivity index (χ0v) is 13.2. The van der Waals surface area contributed by atoms with Crippen LogP contribution in [0.1, 0.15) is 16.8 Å². The Kier molecular flexibility index (Phi) is 4.07. The number of anilines is 1. The van der Waals surface area contributed by atoms with E-state index in [4.69, 9.17) is 11.6 Å². The molecule has 0 fully saturated rings. The van der Waals surface area contributed by atoms with Crippen molar-refractivity contribution in [2.75, 3.05) is 5.43 Å². The number of nitrogens with one attached hydrogen (secondary N) is 1. The van der Waals surface area contributed by atoms with Crippen LogP contribution < -0.4 is 5.43 Å². The minimum atomic E-state index is 0.699. The van der Waals surface area contributed by atoms with Crippen LogP contribution in [-0.2, 0) is 0 Å². The van der Waals surface area contributed by atoms with E-state index in [1.54, 1.807) is 6.21 Å². The lowest BCUT2D eigenvalue weighted by atomic mass is 10.1. The number of aryl methyl sites for hydroxylation is 2. The summed E-state index contributed by atoms with van der Waals surface area (Å²) in [5, 5.41) is 6.08. The Bertz CT molecular complexity index is 856. The van der Waals surface area contributed by atoms with Crippen molar-refractivity contribution in [3.05, 3.63) is 70.4 Å². The summed E-state index contributed by atoms with van der Waals surface area (Å²) in [6.45, 7) is 4.05. The van der Waals surface area contributed by atoms with Crippen LogP contribution in [0.5, 0.6) is 0 Å². The van der Waals surface area contributed by atoms with Gasteiger partial charge in [-0.2, -0.15) is 5.10 Å². The molecule has 0 aliphatic carbocycles. The molecule has 1 heterocycles. The number of rotatable bonds is 3. The number of hydrogen-bond acceptors (Lipinski definition) is 3.